The molecule has 0 unspecified atom stereocenters. The van der Waals surface area contributed by atoms with Gasteiger partial charge in [0.2, 0.25) is 0 Å². The molecule has 9 rings (SSSR count). The average molecular weight is 679 g/mol. The van der Waals surface area contributed by atoms with E-state index in [-0.39, 0.29) is 0 Å². The Hall–Kier alpha value is -7.35. The van der Waals surface area contributed by atoms with Crippen molar-refractivity contribution in [1.82, 2.24) is 4.57 Å². The molecule has 53 heavy (non-hydrogen) atoms. The third-order valence-electron chi connectivity index (χ3n) is 9.78. The molecule has 0 saturated carbocycles. The number of anilines is 6. The van der Waals surface area contributed by atoms with E-state index in [4.69, 9.17) is 6.57 Å². The van der Waals surface area contributed by atoms with Crippen LogP contribution in [0, 0.1) is 6.57 Å². The predicted octanol–water partition coefficient (Wildman–Crippen LogP) is 13.9. The van der Waals surface area contributed by atoms with Gasteiger partial charge in [-0.3, -0.25) is 0 Å². The van der Waals surface area contributed by atoms with Gasteiger partial charge in [-0.15, -0.1) is 0 Å². The van der Waals surface area contributed by atoms with E-state index in [9.17, 15) is 0 Å². The second-order valence-corrected chi connectivity index (χ2v) is 12.9. The zero-order valence-corrected chi connectivity index (χ0v) is 28.9. The summed E-state index contributed by atoms with van der Waals surface area (Å²) in [4.78, 5) is 8.19. The topological polar surface area (TPSA) is 15.8 Å². The summed E-state index contributed by atoms with van der Waals surface area (Å²) in [6.07, 6.45) is 0. The molecular formula is C49H34N4. The number of hydrogen-bond donors (Lipinski definition) is 0. The maximum absolute atomic E-state index is 7.42. The molecule has 0 aliphatic carbocycles. The molecule has 9 aromatic rings. The molecule has 0 N–H and O–H groups in total. The highest BCUT2D eigenvalue weighted by Crippen LogP contribution is 2.44. The summed E-state index contributed by atoms with van der Waals surface area (Å²) in [7, 11) is 0. The highest BCUT2D eigenvalue weighted by Gasteiger charge is 2.21. The Kier molecular flexibility index (Phi) is 8.20. The fourth-order valence-corrected chi connectivity index (χ4v) is 7.35. The zero-order chi connectivity index (χ0) is 35.6. The van der Waals surface area contributed by atoms with E-state index >= 15 is 0 Å². The van der Waals surface area contributed by atoms with Crippen molar-refractivity contribution in [3.63, 3.8) is 0 Å². The summed E-state index contributed by atoms with van der Waals surface area (Å²) in [6.45, 7) is 7.42. The molecule has 1 heterocycles. The molecule has 0 atom stereocenters. The van der Waals surface area contributed by atoms with Gasteiger partial charge in [0.15, 0.2) is 5.69 Å². The highest BCUT2D eigenvalue weighted by atomic mass is 15.2. The van der Waals surface area contributed by atoms with Gasteiger partial charge >= 0.3 is 0 Å². The van der Waals surface area contributed by atoms with Crippen molar-refractivity contribution in [3.8, 4) is 16.8 Å². The lowest BCUT2D eigenvalue weighted by Crippen LogP contribution is -2.10. The summed E-state index contributed by atoms with van der Waals surface area (Å²) in [5, 5.41) is 2.38. The van der Waals surface area contributed by atoms with Crippen molar-refractivity contribution in [2.24, 2.45) is 0 Å². The monoisotopic (exact) mass is 678 g/mol. The van der Waals surface area contributed by atoms with Gasteiger partial charge in [-0.05, 0) is 102 Å². The molecule has 0 aliphatic rings. The van der Waals surface area contributed by atoms with Crippen LogP contribution in [-0.4, -0.2) is 4.57 Å². The van der Waals surface area contributed by atoms with E-state index in [0.717, 1.165) is 50.8 Å². The van der Waals surface area contributed by atoms with Gasteiger partial charge < -0.3 is 14.4 Å². The number of para-hydroxylation sites is 3. The molecule has 0 bridgehead atoms. The molecule has 0 spiro atoms. The fourth-order valence-electron chi connectivity index (χ4n) is 7.35. The van der Waals surface area contributed by atoms with Crippen molar-refractivity contribution >= 4 is 61.6 Å². The van der Waals surface area contributed by atoms with Crippen LogP contribution in [0.3, 0.4) is 0 Å². The summed E-state index contributed by atoms with van der Waals surface area (Å²) < 4.78 is 2.37. The van der Waals surface area contributed by atoms with Gasteiger partial charge in [0.25, 0.3) is 0 Å². The lowest BCUT2D eigenvalue weighted by atomic mass is 10.0. The van der Waals surface area contributed by atoms with Crippen LogP contribution in [0.2, 0.25) is 0 Å². The first kappa shape index (κ1) is 31.6. The second-order valence-electron chi connectivity index (χ2n) is 12.9. The SMILES string of the molecule is [C-]#[N+]c1ccc(N(c2ccccc2)c2ccc(-n3c4ccccc4c4c(N(c5ccccc5)c5ccc(-c6ccccc6)cc5)cccc43)cc2)cc1. The van der Waals surface area contributed by atoms with Crippen LogP contribution in [0.1, 0.15) is 0 Å². The minimum Gasteiger partial charge on any atom is -0.311 e. The Morgan fingerprint density at radius 2 is 0.849 bits per heavy atom. The van der Waals surface area contributed by atoms with Crippen LogP contribution >= 0.6 is 0 Å². The lowest BCUT2D eigenvalue weighted by Gasteiger charge is -2.27. The third kappa shape index (κ3) is 5.87. The Morgan fingerprint density at radius 3 is 1.49 bits per heavy atom. The zero-order valence-electron chi connectivity index (χ0n) is 28.9. The summed E-state index contributed by atoms with van der Waals surface area (Å²) in [5.41, 5.74) is 12.7. The van der Waals surface area contributed by atoms with Crippen LogP contribution in [0.5, 0.6) is 0 Å². The maximum Gasteiger partial charge on any atom is 0.187 e. The van der Waals surface area contributed by atoms with Crippen molar-refractivity contribution < 1.29 is 0 Å². The smallest absolute Gasteiger partial charge is 0.187 e. The van der Waals surface area contributed by atoms with Crippen LogP contribution < -0.4 is 9.80 Å². The van der Waals surface area contributed by atoms with Crippen molar-refractivity contribution in [3.05, 3.63) is 218 Å². The maximum atomic E-state index is 7.42. The second kappa shape index (κ2) is 13.8. The highest BCUT2D eigenvalue weighted by molar-refractivity contribution is 6.16. The van der Waals surface area contributed by atoms with Gasteiger partial charge in [-0.1, -0.05) is 115 Å². The largest absolute Gasteiger partial charge is 0.311 e. The average Bonchev–Trinajstić information content (AvgIpc) is 3.58. The Morgan fingerprint density at radius 1 is 0.377 bits per heavy atom. The van der Waals surface area contributed by atoms with E-state index in [1.54, 1.807) is 0 Å². The molecule has 0 saturated heterocycles. The molecule has 4 nitrogen and oxygen atoms in total. The van der Waals surface area contributed by atoms with E-state index in [0.29, 0.717) is 5.69 Å². The van der Waals surface area contributed by atoms with E-state index in [1.165, 1.54) is 21.9 Å². The summed E-state index contributed by atoms with van der Waals surface area (Å²) in [5.74, 6) is 0. The first-order valence-electron chi connectivity index (χ1n) is 17.7. The van der Waals surface area contributed by atoms with Crippen LogP contribution in [-0.2, 0) is 0 Å². The first-order valence-corrected chi connectivity index (χ1v) is 17.7. The normalized spacial score (nSPS) is 11.0. The molecule has 0 aliphatic heterocycles. The number of aromatic nitrogens is 1. The molecule has 8 aromatic carbocycles. The quantitative estimate of drug-likeness (QED) is 0.149. The van der Waals surface area contributed by atoms with Crippen molar-refractivity contribution in [1.29, 1.82) is 0 Å². The Balaban J connectivity index is 1.18. The minimum absolute atomic E-state index is 0.623. The van der Waals surface area contributed by atoms with Gasteiger partial charge in [0.05, 0.1) is 23.3 Å². The Labute approximate surface area is 309 Å². The van der Waals surface area contributed by atoms with Crippen LogP contribution in [0.15, 0.2) is 206 Å². The fraction of sp³-hybridized carbons (Fsp3) is 0. The third-order valence-corrected chi connectivity index (χ3v) is 9.78. The number of nitrogens with zero attached hydrogens (tertiary/aromatic N) is 4. The Bertz CT molecular complexity index is 2690. The van der Waals surface area contributed by atoms with E-state index < -0.39 is 0 Å². The summed E-state index contributed by atoms with van der Waals surface area (Å²) in [6, 6.07) is 72.2. The molecular weight excluding hydrogens is 645 g/mol. The summed E-state index contributed by atoms with van der Waals surface area (Å²) >= 11 is 0. The number of hydrogen-bond acceptors (Lipinski definition) is 2. The van der Waals surface area contributed by atoms with Gasteiger partial charge in [0, 0.05) is 44.9 Å². The molecule has 4 heteroatoms. The van der Waals surface area contributed by atoms with E-state index in [2.05, 4.69) is 195 Å². The number of benzene rings is 8. The van der Waals surface area contributed by atoms with Crippen molar-refractivity contribution in [2.75, 3.05) is 9.80 Å². The molecule has 250 valence electrons. The lowest BCUT2D eigenvalue weighted by molar-refractivity contribution is 1.17. The van der Waals surface area contributed by atoms with E-state index in [1.807, 2.05) is 30.3 Å². The molecule has 0 fully saturated rings. The first-order chi connectivity index (χ1) is 26.3. The number of rotatable bonds is 8. The van der Waals surface area contributed by atoms with Gasteiger partial charge in [-0.25, -0.2) is 4.85 Å². The van der Waals surface area contributed by atoms with Crippen molar-refractivity contribution in [2.45, 2.75) is 0 Å². The van der Waals surface area contributed by atoms with Crippen LogP contribution in [0.4, 0.5) is 39.8 Å². The predicted molar refractivity (Wildman–Crippen MR) is 222 cm³/mol. The van der Waals surface area contributed by atoms with Gasteiger partial charge in [-0.2, -0.15) is 0 Å². The van der Waals surface area contributed by atoms with Crippen LogP contribution in [0.25, 0.3) is 43.5 Å². The molecule has 0 radical (unpaired) electrons. The number of fused-ring (bicyclic) bond motifs is 3. The molecule has 0 amide bonds. The standard InChI is InChI=1S/C49H34N4/c1-50-38-26-30-41(31-27-38)51(39-16-7-3-8-17-39)42-32-34-44(35-33-42)53-46-21-12-11-20-45(46)49-47(22-13-23-48(49)53)52(40-18-9-4-10-19-40)43-28-24-37(25-29-43)36-14-5-2-6-15-36/h2-35H. The molecule has 1 aromatic heterocycles. The van der Waals surface area contributed by atoms with Gasteiger partial charge in [0.1, 0.15) is 0 Å². The minimum atomic E-state index is 0.623.